The van der Waals surface area contributed by atoms with E-state index in [1.165, 1.54) is 33.5 Å². The Labute approximate surface area is 160 Å². The van der Waals surface area contributed by atoms with Gasteiger partial charge in [-0.05, 0) is 54.2 Å². The van der Waals surface area contributed by atoms with Crippen LogP contribution >= 0.6 is 12.2 Å². The first-order chi connectivity index (χ1) is 12.8. The number of methoxy groups -OCH3 is 3. The van der Waals surface area contributed by atoms with E-state index in [-0.39, 0.29) is 5.11 Å². The van der Waals surface area contributed by atoms with E-state index in [9.17, 15) is 13.2 Å². The van der Waals surface area contributed by atoms with Crippen molar-refractivity contribution in [2.45, 2.75) is 12.7 Å². The van der Waals surface area contributed by atoms with Crippen molar-refractivity contribution in [1.82, 2.24) is 5.32 Å². The molecule has 0 saturated carbocycles. The fourth-order valence-electron chi connectivity index (χ4n) is 2.34. The van der Waals surface area contributed by atoms with E-state index < -0.39 is 11.7 Å². The Kier molecular flexibility index (Phi) is 6.73. The maximum Gasteiger partial charge on any atom is 0.416 e. The quantitative estimate of drug-likeness (QED) is 0.709. The summed E-state index contributed by atoms with van der Waals surface area (Å²) in [6.45, 7) is 0.350. The molecule has 0 bridgehead atoms. The van der Waals surface area contributed by atoms with Crippen LogP contribution < -0.4 is 24.8 Å². The lowest BCUT2D eigenvalue weighted by atomic mass is 10.2. The van der Waals surface area contributed by atoms with Crippen LogP contribution in [-0.2, 0) is 12.7 Å². The number of rotatable bonds is 6. The van der Waals surface area contributed by atoms with Crippen molar-refractivity contribution in [1.29, 1.82) is 0 Å². The molecule has 0 spiro atoms. The average Bonchev–Trinajstić information content (AvgIpc) is 2.65. The number of hydrogen-bond acceptors (Lipinski definition) is 4. The van der Waals surface area contributed by atoms with Gasteiger partial charge in [0.25, 0.3) is 0 Å². The van der Waals surface area contributed by atoms with E-state index >= 15 is 0 Å². The fraction of sp³-hybridized carbons (Fsp3) is 0.278. The highest BCUT2D eigenvalue weighted by atomic mass is 32.1. The Hall–Kier alpha value is -2.68. The van der Waals surface area contributed by atoms with Gasteiger partial charge in [0, 0.05) is 12.2 Å². The molecule has 2 N–H and O–H groups in total. The second-order valence-electron chi connectivity index (χ2n) is 5.42. The van der Waals surface area contributed by atoms with E-state index in [1.807, 2.05) is 0 Å². The van der Waals surface area contributed by atoms with Crippen LogP contribution in [0, 0.1) is 0 Å². The standard InChI is InChI=1S/C18H19F3N2O3S/c1-24-14-8-11(9-15(25-2)16(14)26-3)10-22-17(27)23-13-6-4-12(5-7-13)18(19,20)21/h4-9H,10H2,1-3H3,(H2,22,23,27). The lowest BCUT2D eigenvalue weighted by Crippen LogP contribution is -2.27. The van der Waals surface area contributed by atoms with Gasteiger partial charge in [-0.15, -0.1) is 0 Å². The van der Waals surface area contributed by atoms with Crippen LogP contribution in [0.25, 0.3) is 0 Å². The second kappa shape index (κ2) is 8.81. The van der Waals surface area contributed by atoms with Crippen LogP contribution in [0.15, 0.2) is 36.4 Å². The Morgan fingerprint density at radius 1 is 0.963 bits per heavy atom. The molecular weight excluding hydrogens is 381 g/mol. The van der Waals surface area contributed by atoms with Crippen LogP contribution in [0.1, 0.15) is 11.1 Å². The van der Waals surface area contributed by atoms with Gasteiger partial charge in [0.2, 0.25) is 5.75 Å². The molecule has 9 heteroatoms. The molecular formula is C18H19F3N2O3S. The summed E-state index contributed by atoms with van der Waals surface area (Å²) in [6.07, 6.45) is -4.37. The molecule has 0 saturated heterocycles. The number of alkyl halides is 3. The van der Waals surface area contributed by atoms with Crippen molar-refractivity contribution in [2.75, 3.05) is 26.6 Å². The lowest BCUT2D eigenvalue weighted by molar-refractivity contribution is -0.137. The van der Waals surface area contributed by atoms with Gasteiger partial charge in [-0.3, -0.25) is 0 Å². The van der Waals surface area contributed by atoms with E-state index in [0.29, 0.717) is 29.5 Å². The minimum absolute atomic E-state index is 0.267. The van der Waals surface area contributed by atoms with Crippen molar-refractivity contribution in [3.05, 3.63) is 47.5 Å². The number of hydrogen-bond donors (Lipinski definition) is 2. The number of thiocarbonyl (C=S) groups is 1. The third kappa shape index (κ3) is 5.40. The molecule has 0 aliphatic carbocycles. The molecule has 0 aliphatic rings. The predicted molar refractivity (Wildman–Crippen MR) is 101 cm³/mol. The molecule has 2 rings (SSSR count). The maximum absolute atomic E-state index is 12.6. The van der Waals surface area contributed by atoms with Gasteiger partial charge in [0.15, 0.2) is 16.6 Å². The topological polar surface area (TPSA) is 51.8 Å². The number of anilines is 1. The molecule has 0 amide bonds. The van der Waals surface area contributed by atoms with Gasteiger partial charge in [-0.1, -0.05) is 0 Å². The number of nitrogens with one attached hydrogen (secondary N) is 2. The smallest absolute Gasteiger partial charge is 0.416 e. The highest BCUT2D eigenvalue weighted by Gasteiger charge is 2.29. The Morgan fingerprint density at radius 2 is 1.52 bits per heavy atom. The zero-order valence-electron chi connectivity index (χ0n) is 14.9. The number of ether oxygens (including phenoxy) is 3. The summed E-state index contributed by atoms with van der Waals surface area (Å²) in [4.78, 5) is 0. The number of benzene rings is 2. The van der Waals surface area contributed by atoms with Gasteiger partial charge in [-0.25, -0.2) is 0 Å². The lowest BCUT2D eigenvalue weighted by Gasteiger charge is -2.15. The zero-order chi connectivity index (χ0) is 20.0. The van der Waals surface area contributed by atoms with E-state index in [4.69, 9.17) is 26.4 Å². The van der Waals surface area contributed by atoms with Crippen molar-refractivity contribution in [3.63, 3.8) is 0 Å². The largest absolute Gasteiger partial charge is 0.493 e. The molecule has 146 valence electrons. The minimum atomic E-state index is -4.37. The van der Waals surface area contributed by atoms with Crippen molar-refractivity contribution in [2.24, 2.45) is 0 Å². The normalized spacial score (nSPS) is 10.9. The third-order valence-corrected chi connectivity index (χ3v) is 3.89. The monoisotopic (exact) mass is 400 g/mol. The predicted octanol–water partition coefficient (Wildman–Crippen LogP) is 4.22. The first kappa shape index (κ1) is 20.6. The van der Waals surface area contributed by atoms with Gasteiger partial charge in [-0.2, -0.15) is 13.2 Å². The molecule has 0 atom stereocenters. The van der Waals surface area contributed by atoms with E-state index in [2.05, 4.69) is 10.6 Å². The summed E-state index contributed by atoms with van der Waals surface area (Å²) in [7, 11) is 4.55. The summed E-state index contributed by atoms with van der Waals surface area (Å²) < 4.78 is 53.6. The van der Waals surface area contributed by atoms with Gasteiger partial charge in [0.05, 0.1) is 26.9 Å². The molecule has 2 aromatic carbocycles. The maximum atomic E-state index is 12.6. The van der Waals surface area contributed by atoms with Crippen LogP contribution in [0.5, 0.6) is 17.2 Å². The Bertz CT molecular complexity index is 770. The second-order valence-corrected chi connectivity index (χ2v) is 5.82. The first-order valence-corrected chi connectivity index (χ1v) is 8.20. The molecule has 0 fully saturated rings. The molecule has 5 nitrogen and oxygen atoms in total. The van der Waals surface area contributed by atoms with Gasteiger partial charge < -0.3 is 24.8 Å². The van der Waals surface area contributed by atoms with Crippen LogP contribution in [-0.4, -0.2) is 26.4 Å². The molecule has 27 heavy (non-hydrogen) atoms. The van der Waals surface area contributed by atoms with E-state index in [0.717, 1.165) is 17.7 Å². The highest BCUT2D eigenvalue weighted by molar-refractivity contribution is 7.80. The minimum Gasteiger partial charge on any atom is -0.493 e. The van der Waals surface area contributed by atoms with Crippen LogP contribution in [0.3, 0.4) is 0 Å². The average molecular weight is 400 g/mol. The van der Waals surface area contributed by atoms with Crippen molar-refractivity contribution < 1.29 is 27.4 Å². The van der Waals surface area contributed by atoms with Crippen LogP contribution in [0.4, 0.5) is 18.9 Å². The van der Waals surface area contributed by atoms with E-state index in [1.54, 1.807) is 12.1 Å². The van der Waals surface area contributed by atoms with Crippen LogP contribution in [0.2, 0.25) is 0 Å². The molecule has 0 heterocycles. The van der Waals surface area contributed by atoms with Gasteiger partial charge in [0.1, 0.15) is 0 Å². The Morgan fingerprint density at radius 3 is 1.96 bits per heavy atom. The summed E-state index contributed by atoms with van der Waals surface area (Å²) in [5.41, 5.74) is 0.552. The summed E-state index contributed by atoms with van der Waals surface area (Å²) in [5.74, 6) is 1.50. The summed E-state index contributed by atoms with van der Waals surface area (Å²) >= 11 is 5.18. The van der Waals surface area contributed by atoms with Crippen molar-refractivity contribution in [3.8, 4) is 17.2 Å². The molecule has 0 unspecified atom stereocenters. The summed E-state index contributed by atoms with van der Waals surface area (Å²) in [5, 5.41) is 6.08. The molecule has 2 aromatic rings. The molecule has 0 aromatic heterocycles. The van der Waals surface area contributed by atoms with Gasteiger partial charge >= 0.3 is 6.18 Å². The summed E-state index contributed by atoms with van der Waals surface area (Å²) in [6, 6.07) is 8.16. The fourth-order valence-corrected chi connectivity index (χ4v) is 2.53. The first-order valence-electron chi connectivity index (χ1n) is 7.79. The highest BCUT2D eigenvalue weighted by Crippen LogP contribution is 2.38. The zero-order valence-corrected chi connectivity index (χ0v) is 15.8. The molecule has 0 radical (unpaired) electrons. The third-order valence-electron chi connectivity index (χ3n) is 3.65. The Balaban J connectivity index is 2.01. The van der Waals surface area contributed by atoms with Crippen molar-refractivity contribution >= 4 is 23.0 Å². The SMILES string of the molecule is COc1cc(CNC(=S)Nc2ccc(C(F)(F)F)cc2)cc(OC)c1OC. The molecule has 0 aliphatic heterocycles. The number of halogens is 3.